The second-order valence-electron chi connectivity index (χ2n) is 6.42. The highest BCUT2D eigenvalue weighted by molar-refractivity contribution is 7.55. The van der Waals surface area contributed by atoms with Crippen molar-refractivity contribution in [3.63, 3.8) is 0 Å². The van der Waals surface area contributed by atoms with Crippen molar-refractivity contribution in [2.45, 2.75) is 32.3 Å². The van der Waals surface area contributed by atoms with E-state index < -0.39 is 35.9 Å². The average molecular weight is 418 g/mol. The zero-order chi connectivity index (χ0) is 19.3. The minimum Gasteiger partial charge on any atom is -0.512 e. The van der Waals surface area contributed by atoms with E-state index in [1.807, 2.05) is 0 Å². The number of carbonyl (C=O) groups excluding carboxylic acids is 1. The van der Waals surface area contributed by atoms with Crippen LogP contribution in [0.3, 0.4) is 0 Å². The Morgan fingerprint density at radius 2 is 1.80 bits per heavy atom. The molecule has 0 aliphatic heterocycles. The maximum absolute atomic E-state index is 13.2. The molecule has 0 aromatic heterocycles. The van der Waals surface area contributed by atoms with Crippen molar-refractivity contribution in [1.29, 1.82) is 0 Å². The highest BCUT2D eigenvalue weighted by Gasteiger charge is 2.48. The first kappa shape index (κ1) is 22.4. The molecule has 8 nitrogen and oxygen atoms in total. The molecule has 0 radical (unpaired) electrons. The fourth-order valence-electron chi connectivity index (χ4n) is 2.71. The summed E-state index contributed by atoms with van der Waals surface area (Å²) < 4.78 is 23.5. The van der Waals surface area contributed by atoms with Gasteiger partial charge in [-0.25, -0.2) is 0 Å². The Hall–Kier alpha value is -0.660. The van der Waals surface area contributed by atoms with Gasteiger partial charge < -0.3 is 14.2 Å². The van der Waals surface area contributed by atoms with Crippen LogP contribution < -0.4 is 0 Å². The van der Waals surface area contributed by atoms with Crippen molar-refractivity contribution >= 4 is 36.6 Å². The number of allylic oxidation sites excluding steroid dienone is 1. The molecule has 1 aliphatic rings. The van der Waals surface area contributed by atoms with Crippen molar-refractivity contribution < 1.29 is 28.4 Å². The number of halogens is 2. The van der Waals surface area contributed by atoms with Gasteiger partial charge in [0.05, 0.1) is 18.8 Å². The van der Waals surface area contributed by atoms with Crippen LogP contribution in [-0.4, -0.2) is 53.0 Å². The fraction of sp³-hybridized carbons (Fsp3) is 0.786. The molecule has 1 rings (SSSR count). The van der Waals surface area contributed by atoms with E-state index in [1.165, 1.54) is 0 Å². The van der Waals surface area contributed by atoms with Crippen molar-refractivity contribution in [2.75, 3.05) is 31.5 Å². The Morgan fingerprint density at radius 1 is 1.28 bits per heavy atom. The first-order valence-electron chi connectivity index (χ1n) is 7.64. The molecule has 0 unspecified atom stereocenters. The lowest BCUT2D eigenvalue weighted by atomic mass is 9.76. The van der Waals surface area contributed by atoms with E-state index in [2.05, 4.69) is 0 Å². The molecule has 1 N–H and O–H groups in total. The van der Waals surface area contributed by atoms with Crippen LogP contribution in [0.15, 0.2) is 11.3 Å². The third-order valence-corrected chi connectivity index (χ3v) is 6.21. The number of hydrogen-bond donors (Lipinski definition) is 1. The Bertz CT molecular complexity index is 582. The molecule has 0 amide bonds. The van der Waals surface area contributed by atoms with Crippen LogP contribution in [0.2, 0.25) is 0 Å². The summed E-state index contributed by atoms with van der Waals surface area (Å²) in [6, 6.07) is 0. The number of alkyl halides is 2. The quantitative estimate of drug-likeness (QED) is 0.250. The molecule has 25 heavy (non-hydrogen) atoms. The van der Waals surface area contributed by atoms with Crippen molar-refractivity contribution in [1.82, 2.24) is 0 Å². The third kappa shape index (κ3) is 6.22. The summed E-state index contributed by atoms with van der Waals surface area (Å²) in [7, 11) is -4.15. The van der Waals surface area contributed by atoms with E-state index in [9.17, 15) is 24.6 Å². The van der Waals surface area contributed by atoms with E-state index in [0.717, 1.165) is 0 Å². The van der Waals surface area contributed by atoms with Crippen molar-refractivity contribution in [3.05, 3.63) is 21.4 Å². The maximum atomic E-state index is 13.2. The zero-order valence-electron chi connectivity index (χ0n) is 14.1. The van der Waals surface area contributed by atoms with Gasteiger partial charge in [0, 0.05) is 29.5 Å². The van der Waals surface area contributed by atoms with E-state index in [1.54, 1.807) is 13.8 Å². The molecule has 0 heterocycles. The van der Waals surface area contributed by atoms with Gasteiger partial charge in [0.25, 0.3) is 0 Å². The number of aliphatic hydroxyl groups excluding tert-OH is 1. The van der Waals surface area contributed by atoms with E-state index in [4.69, 9.17) is 32.2 Å². The number of aliphatic hydroxyl groups is 1. The number of nitrogens with zero attached hydrogens (tertiary/aromatic N) is 1. The van der Waals surface area contributed by atoms with Gasteiger partial charge in [-0.15, -0.1) is 23.2 Å². The molecular weight excluding hydrogens is 396 g/mol. The number of carbonyl (C=O) groups is 1. The molecule has 0 aromatic carbocycles. The van der Waals surface area contributed by atoms with Crippen LogP contribution in [0.5, 0.6) is 0 Å². The number of nitro groups is 1. The summed E-state index contributed by atoms with van der Waals surface area (Å²) in [5, 5.41) is 21.4. The van der Waals surface area contributed by atoms with Gasteiger partial charge in [-0.1, -0.05) is 13.8 Å². The largest absolute Gasteiger partial charge is 0.512 e. The van der Waals surface area contributed by atoms with Gasteiger partial charge in [-0.3, -0.25) is 19.5 Å². The first-order valence-corrected chi connectivity index (χ1v) is 10.3. The first-order chi connectivity index (χ1) is 11.6. The van der Waals surface area contributed by atoms with Crippen LogP contribution in [0, 0.1) is 15.5 Å². The second-order valence-corrected chi connectivity index (χ2v) is 9.39. The standard InChI is InChI=1S/C14H22Cl2NO7P/c1-14(2)7-10(18)13(11(19)8-14)12(9-17(20)21)25(22,23-5-3-15)24-6-4-16/h12,18H,3-9H2,1-2H3/t12-/m1/s1. The van der Waals surface area contributed by atoms with Crippen LogP contribution in [-0.2, 0) is 18.4 Å². The molecule has 0 aromatic rings. The highest BCUT2D eigenvalue weighted by atomic mass is 35.5. The smallest absolute Gasteiger partial charge is 0.345 e. The Balaban J connectivity index is 3.36. The normalized spacial score (nSPS) is 19.1. The molecule has 1 atom stereocenters. The summed E-state index contributed by atoms with van der Waals surface area (Å²) >= 11 is 11.1. The summed E-state index contributed by atoms with van der Waals surface area (Å²) in [5.74, 6) is -0.876. The number of ketones is 1. The lowest BCUT2D eigenvalue weighted by molar-refractivity contribution is -0.478. The summed E-state index contributed by atoms with van der Waals surface area (Å²) in [5.41, 5.74) is -2.28. The van der Waals surface area contributed by atoms with E-state index in [0.29, 0.717) is 0 Å². The van der Waals surface area contributed by atoms with E-state index >= 15 is 0 Å². The summed E-state index contributed by atoms with van der Waals surface area (Å²) in [6.07, 6.45) is 0.193. The summed E-state index contributed by atoms with van der Waals surface area (Å²) in [6.45, 7) is 2.31. The van der Waals surface area contributed by atoms with Crippen molar-refractivity contribution in [3.8, 4) is 0 Å². The maximum Gasteiger partial charge on any atom is 0.345 e. The minimum absolute atomic E-state index is 0.0224. The van der Waals surface area contributed by atoms with Crippen LogP contribution >= 0.6 is 30.8 Å². The summed E-state index contributed by atoms with van der Waals surface area (Å²) in [4.78, 5) is 22.9. The van der Waals surface area contributed by atoms with Gasteiger partial charge in [0.1, 0.15) is 5.76 Å². The molecule has 0 saturated heterocycles. The predicted octanol–water partition coefficient (Wildman–Crippen LogP) is 3.54. The van der Waals surface area contributed by atoms with Crippen LogP contribution in [0.25, 0.3) is 0 Å². The SMILES string of the molecule is CC1(C)CC(=O)C([C@@H](C[N+](=O)[O-])P(=O)(OCCCl)OCCCl)=C(O)C1. The van der Waals surface area contributed by atoms with Crippen molar-refractivity contribution in [2.24, 2.45) is 5.41 Å². The number of rotatable bonds is 10. The highest BCUT2D eigenvalue weighted by Crippen LogP contribution is 2.57. The Morgan fingerprint density at radius 3 is 2.20 bits per heavy atom. The van der Waals surface area contributed by atoms with Gasteiger partial charge in [-0.05, 0) is 5.41 Å². The molecule has 1 aliphatic carbocycles. The number of Topliss-reactive ketones (excluding diaryl/α,β-unsaturated/α-hetero) is 1. The van der Waals surface area contributed by atoms with Crippen LogP contribution in [0.4, 0.5) is 0 Å². The van der Waals surface area contributed by atoms with E-state index in [-0.39, 0.29) is 49.1 Å². The third-order valence-electron chi connectivity index (χ3n) is 3.63. The zero-order valence-corrected chi connectivity index (χ0v) is 16.5. The molecule has 144 valence electrons. The average Bonchev–Trinajstić information content (AvgIpc) is 2.47. The Kier molecular flexibility index (Phi) is 8.35. The molecule has 11 heteroatoms. The molecule has 0 spiro atoms. The monoisotopic (exact) mass is 417 g/mol. The van der Waals surface area contributed by atoms with Gasteiger partial charge in [0.2, 0.25) is 6.54 Å². The van der Waals surface area contributed by atoms with Gasteiger partial charge in [-0.2, -0.15) is 0 Å². The molecular formula is C14H22Cl2NO7P. The lowest BCUT2D eigenvalue weighted by Gasteiger charge is -2.33. The molecule has 0 bridgehead atoms. The number of hydrogen-bond acceptors (Lipinski definition) is 7. The second kappa shape index (κ2) is 9.33. The van der Waals surface area contributed by atoms with Gasteiger partial charge >= 0.3 is 7.60 Å². The molecule has 0 fully saturated rings. The predicted molar refractivity (Wildman–Crippen MR) is 94.3 cm³/mol. The minimum atomic E-state index is -4.15. The fourth-order valence-corrected chi connectivity index (χ4v) is 5.15. The topological polar surface area (TPSA) is 116 Å². The van der Waals surface area contributed by atoms with Crippen LogP contribution in [0.1, 0.15) is 26.7 Å². The van der Waals surface area contributed by atoms with Gasteiger partial charge in [0.15, 0.2) is 11.4 Å². The lowest BCUT2D eigenvalue weighted by Crippen LogP contribution is -2.35. The molecule has 0 saturated carbocycles. The Labute approximate surface area is 156 Å².